The quantitative estimate of drug-likeness (QED) is 0.327. The Bertz CT molecular complexity index is 860. The fourth-order valence-corrected chi connectivity index (χ4v) is 3.50. The van der Waals surface area contributed by atoms with Crippen LogP contribution in [0.25, 0.3) is 10.9 Å². The lowest BCUT2D eigenvalue weighted by molar-refractivity contribution is 0.304. The van der Waals surface area contributed by atoms with Gasteiger partial charge in [0.2, 0.25) is 0 Å². The molecule has 0 fully saturated rings. The van der Waals surface area contributed by atoms with E-state index in [2.05, 4.69) is 40.4 Å². The van der Waals surface area contributed by atoms with E-state index in [9.17, 15) is 0 Å². The molecule has 0 aliphatic heterocycles. The molecule has 3 rings (SSSR count). The highest BCUT2D eigenvalue weighted by atomic mass is 16.5. The van der Waals surface area contributed by atoms with Crippen molar-refractivity contribution in [2.45, 2.75) is 64.8 Å². The molecule has 0 radical (unpaired) electrons. The number of rotatable bonds is 13. The molecule has 0 saturated heterocycles. The summed E-state index contributed by atoms with van der Waals surface area (Å²) in [5.41, 5.74) is 2.13. The molecular weight excluding hydrogens is 358 g/mol. The van der Waals surface area contributed by atoms with Crippen molar-refractivity contribution in [2.24, 2.45) is 0 Å². The van der Waals surface area contributed by atoms with Gasteiger partial charge in [-0.15, -0.1) is 0 Å². The summed E-state index contributed by atoms with van der Waals surface area (Å²) in [6, 6.07) is 16.4. The largest absolute Gasteiger partial charge is 0.494 e. The second-order valence-corrected chi connectivity index (χ2v) is 7.56. The van der Waals surface area contributed by atoms with Crippen LogP contribution in [0.4, 0.5) is 5.82 Å². The molecule has 0 atom stereocenters. The molecular formula is C25H33N3O. The molecule has 3 aromatic rings. The Morgan fingerprint density at radius 3 is 2.48 bits per heavy atom. The van der Waals surface area contributed by atoms with Crippen LogP contribution in [0.15, 0.2) is 54.9 Å². The number of unbranched alkanes of at least 4 members (excludes halogenated alkanes) is 7. The maximum Gasteiger partial charge on any atom is 0.137 e. The molecule has 4 nitrogen and oxygen atoms in total. The Labute approximate surface area is 174 Å². The Kier molecular flexibility index (Phi) is 8.77. The first-order chi connectivity index (χ1) is 14.4. The number of fused-ring (bicyclic) bond motifs is 1. The van der Waals surface area contributed by atoms with Crippen molar-refractivity contribution in [3.05, 3.63) is 60.4 Å². The summed E-state index contributed by atoms with van der Waals surface area (Å²) in [5.74, 6) is 1.81. The third-order valence-electron chi connectivity index (χ3n) is 5.17. The van der Waals surface area contributed by atoms with E-state index in [-0.39, 0.29) is 0 Å². The normalized spacial score (nSPS) is 10.9. The van der Waals surface area contributed by atoms with Crippen LogP contribution < -0.4 is 10.1 Å². The van der Waals surface area contributed by atoms with Crippen LogP contribution in [0, 0.1) is 0 Å². The molecule has 0 saturated carbocycles. The zero-order valence-corrected chi connectivity index (χ0v) is 17.6. The number of ether oxygens (including phenoxy) is 1. The minimum absolute atomic E-state index is 0.704. The lowest BCUT2D eigenvalue weighted by atomic mass is 10.1. The summed E-state index contributed by atoms with van der Waals surface area (Å²) in [6.07, 6.45) is 12.1. The van der Waals surface area contributed by atoms with Gasteiger partial charge in [-0.2, -0.15) is 0 Å². The van der Waals surface area contributed by atoms with E-state index in [4.69, 9.17) is 4.74 Å². The van der Waals surface area contributed by atoms with Gasteiger partial charge in [-0.3, -0.25) is 0 Å². The Balaban J connectivity index is 1.40. The summed E-state index contributed by atoms with van der Waals surface area (Å²) >= 11 is 0. The van der Waals surface area contributed by atoms with Crippen molar-refractivity contribution in [3.63, 3.8) is 0 Å². The first-order valence-corrected chi connectivity index (χ1v) is 11.0. The maximum absolute atomic E-state index is 5.96. The molecule has 0 aliphatic rings. The van der Waals surface area contributed by atoms with Crippen LogP contribution in [0.2, 0.25) is 0 Å². The maximum atomic E-state index is 5.96. The zero-order chi connectivity index (χ0) is 20.2. The average Bonchev–Trinajstić information content (AvgIpc) is 2.77. The van der Waals surface area contributed by atoms with Gasteiger partial charge in [0.25, 0.3) is 0 Å². The van der Waals surface area contributed by atoms with Gasteiger partial charge >= 0.3 is 0 Å². The van der Waals surface area contributed by atoms with Crippen LogP contribution in [-0.2, 0) is 6.54 Å². The minimum atomic E-state index is 0.704. The van der Waals surface area contributed by atoms with Gasteiger partial charge < -0.3 is 10.1 Å². The number of nitrogens with one attached hydrogen (secondary N) is 1. The van der Waals surface area contributed by atoms with E-state index in [1.54, 1.807) is 6.33 Å². The molecule has 0 bridgehead atoms. The predicted octanol–water partition coefficient (Wildman–Crippen LogP) is 6.76. The molecule has 0 spiro atoms. The molecule has 0 amide bonds. The zero-order valence-electron chi connectivity index (χ0n) is 17.6. The van der Waals surface area contributed by atoms with E-state index in [1.165, 1.54) is 50.5 Å². The van der Waals surface area contributed by atoms with Gasteiger partial charge in [0.1, 0.15) is 17.9 Å². The molecule has 29 heavy (non-hydrogen) atoms. The van der Waals surface area contributed by atoms with Crippen molar-refractivity contribution < 1.29 is 4.74 Å². The molecule has 1 heterocycles. The van der Waals surface area contributed by atoms with Gasteiger partial charge in [0, 0.05) is 11.9 Å². The van der Waals surface area contributed by atoms with Gasteiger partial charge in [-0.1, -0.05) is 76.1 Å². The van der Waals surface area contributed by atoms with Crippen molar-refractivity contribution in [3.8, 4) is 5.75 Å². The van der Waals surface area contributed by atoms with Crippen LogP contribution in [0.5, 0.6) is 5.75 Å². The minimum Gasteiger partial charge on any atom is -0.494 e. The first-order valence-electron chi connectivity index (χ1n) is 11.0. The third kappa shape index (κ3) is 7.04. The Hall–Kier alpha value is -2.62. The molecule has 1 N–H and O–H groups in total. The van der Waals surface area contributed by atoms with Crippen molar-refractivity contribution in [1.82, 2.24) is 9.97 Å². The number of para-hydroxylation sites is 1. The van der Waals surface area contributed by atoms with Crippen molar-refractivity contribution in [2.75, 3.05) is 11.9 Å². The lowest BCUT2D eigenvalue weighted by Crippen LogP contribution is -2.03. The predicted molar refractivity (Wildman–Crippen MR) is 121 cm³/mol. The van der Waals surface area contributed by atoms with E-state index in [0.29, 0.717) is 6.54 Å². The molecule has 4 heteroatoms. The van der Waals surface area contributed by atoms with E-state index in [0.717, 1.165) is 35.5 Å². The van der Waals surface area contributed by atoms with Crippen molar-refractivity contribution in [1.29, 1.82) is 0 Å². The SMILES string of the molecule is CCCCCCCCCCOc1cccc(CNc2ncnc3ccccc23)c1. The number of hydrogen-bond donors (Lipinski definition) is 1. The fraction of sp³-hybridized carbons (Fsp3) is 0.440. The van der Waals surface area contributed by atoms with Crippen LogP contribution in [0.3, 0.4) is 0 Å². The van der Waals surface area contributed by atoms with Gasteiger partial charge in [0.05, 0.1) is 12.1 Å². The number of aromatic nitrogens is 2. The highest BCUT2D eigenvalue weighted by molar-refractivity contribution is 5.88. The second kappa shape index (κ2) is 12.1. The molecule has 154 valence electrons. The summed E-state index contributed by atoms with van der Waals surface area (Å²) in [7, 11) is 0. The molecule has 0 unspecified atom stereocenters. The van der Waals surface area contributed by atoms with E-state index >= 15 is 0 Å². The average molecular weight is 392 g/mol. The van der Waals surface area contributed by atoms with E-state index in [1.807, 2.05) is 30.3 Å². The summed E-state index contributed by atoms with van der Waals surface area (Å²) in [6.45, 7) is 3.76. The molecule has 0 aliphatic carbocycles. The summed E-state index contributed by atoms with van der Waals surface area (Å²) in [5, 5.41) is 4.47. The Morgan fingerprint density at radius 2 is 1.62 bits per heavy atom. The summed E-state index contributed by atoms with van der Waals surface area (Å²) in [4.78, 5) is 8.71. The smallest absolute Gasteiger partial charge is 0.137 e. The number of anilines is 1. The monoisotopic (exact) mass is 391 g/mol. The van der Waals surface area contributed by atoms with Crippen LogP contribution in [-0.4, -0.2) is 16.6 Å². The van der Waals surface area contributed by atoms with Crippen LogP contribution >= 0.6 is 0 Å². The Morgan fingerprint density at radius 1 is 0.828 bits per heavy atom. The second-order valence-electron chi connectivity index (χ2n) is 7.56. The topological polar surface area (TPSA) is 47.0 Å². The van der Waals surface area contributed by atoms with Crippen LogP contribution in [0.1, 0.15) is 63.9 Å². The first kappa shape index (κ1) is 21.1. The third-order valence-corrected chi connectivity index (χ3v) is 5.17. The lowest BCUT2D eigenvalue weighted by Gasteiger charge is -2.10. The van der Waals surface area contributed by atoms with Gasteiger partial charge in [-0.05, 0) is 36.2 Å². The van der Waals surface area contributed by atoms with Crippen molar-refractivity contribution >= 4 is 16.7 Å². The van der Waals surface area contributed by atoms with E-state index < -0.39 is 0 Å². The van der Waals surface area contributed by atoms with Gasteiger partial charge in [0.15, 0.2) is 0 Å². The molecule has 2 aromatic carbocycles. The number of nitrogens with zero attached hydrogens (tertiary/aromatic N) is 2. The summed E-state index contributed by atoms with van der Waals surface area (Å²) < 4.78 is 5.96. The number of benzene rings is 2. The standard InChI is InChI=1S/C25H33N3O/c1-2-3-4-5-6-7-8-11-17-29-22-14-12-13-21(18-22)19-26-25-23-15-9-10-16-24(23)27-20-28-25/h9-10,12-16,18,20H,2-8,11,17,19H2,1H3,(H,26,27,28). The number of hydrogen-bond acceptors (Lipinski definition) is 4. The fourth-order valence-electron chi connectivity index (χ4n) is 3.50. The highest BCUT2D eigenvalue weighted by Gasteiger charge is 2.03. The highest BCUT2D eigenvalue weighted by Crippen LogP contribution is 2.20. The molecule has 1 aromatic heterocycles. The van der Waals surface area contributed by atoms with Gasteiger partial charge in [-0.25, -0.2) is 9.97 Å².